The molecule has 0 aliphatic carbocycles. The molecule has 0 radical (unpaired) electrons. The van der Waals surface area contributed by atoms with Gasteiger partial charge in [0.2, 0.25) is 0 Å². The van der Waals surface area contributed by atoms with Crippen LogP contribution in [0.15, 0.2) is 28.5 Å². The molecule has 0 amide bonds. The third kappa shape index (κ3) is 4.18. The first-order valence-corrected chi connectivity index (χ1v) is 7.77. The predicted octanol–water partition coefficient (Wildman–Crippen LogP) is 3.37. The zero-order valence-corrected chi connectivity index (χ0v) is 12.5. The molecule has 2 heterocycles. The smallest absolute Gasteiger partial charge is 0.250 e. The summed E-state index contributed by atoms with van der Waals surface area (Å²) in [4.78, 5) is 16.1. The summed E-state index contributed by atoms with van der Waals surface area (Å²) in [7, 11) is 0. The molecule has 19 heavy (non-hydrogen) atoms. The van der Waals surface area contributed by atoms with Crippen molar-refractivity contribution in [3.63, 3.8) is 0 Å². The lowest BCUT2D eigenvalue weighted by Crippen LogP contribution is -2.18. The molecule has 2 aromatic rings. The van der Waals surface area contributed by atoms with Crippen LogP contribution in [0.2, 0.25) is 0 Å². The fourth-order valence-corrected chi connectivity index (χ4v) is 2.94. The number of alkyl halides is 1. The second-order valence-electron chi connectivity index (χ2n) is 4.56. The fraction of sp³-hybridized carbons (Fsp3) is 0.429. The molecular weight excluding hydrogens is 280 g/mol. The maximum atomic E-state index is 11.7. The third-order valence-electron chi connectivity index (χ3n) is 2.93. The summed E-state index contributed by atoms with van der Waals surface area (Å²) in [5.41, 5.74) is 2.05. The molecule has 2 rings (SSSR count). The van der Waals surface area contributed by atoms with E-state index in [4.69, 9.17) is 11.6 Å². The number of aromatic nitrogens is 2. The highest BCUT2D eigenvalue weighted by molar-refractivity contribution is 7.09. The van der Waals surface area contributed by atoms with Crippen molar-refractivity contribution in [1.29, 1.82) is 0 Å². The predicted molar refractivity (Wildman–Crippen MR) is 80.0 cm³/mol. The Bertz CT molecular complexity index is 591. The molecule has 0 bridgehead atoms. The van der Waals surface area contributed by atoms with E-state index in [1.54, 1.807) is 22.0 Å². The van der Waals surface area contributed by atoms with Crippen molar-refractivity contribution in [1.82, 2.24) is 9.55 Å². The summed E-state index contributed by atoms with van der Waals surface area (Å²) < 4.78 is 1.76. The Morgan fingerprint density at radius 1 is 1.42 bits per heavy atom. The second-order valence-corrected chi connectivity index (χ2v) is 5.77. The van der Waals surface area contributed by atoms with E-state index in [1.807, 2.05) is 24.6 Å². The Balaban J connectivity index is 1.79. The van der Waals surface area contributed by atoms with Crippen LogP contribution in [0.5, 0.6) is 0 Å². The molecule has 0 aromatic carbocycles. The van der Waals surface area contributed by atoms with Crippen molar-refractivity contribution in [3.05, 3.63) is 50.3 Å². The van der Waals surface area contributed by atoms with Gasteiger partial charge in [-0.3, -0.25) is 4.79 Å². The lowest BCUT2D eigenvalue weighted by molar-refractivity contribution is 0.592. The summed E-state index contributed by atoms with van der Waals surface area (Å²) in [6.45, 7) is 2.70. The van der Waals surface area contributed by atoms with Crippen LogP contribution in [0.1, 0.15) is 29.1 Å². The quantitative estimate of drug-likeness (QED) is 0.605. The van der Waals surface area contributed by atoms with Crippen molar-refractivity contribution >= 4 is 22.9 Å². The van der Waals surface area contributed by atoms with Gasteiger partial charge in [0.15, 0.2) is 0 Å². The Morgan fingerprint density at radius 3 is 2.95 bits per heavy atom. The molecule has 5 heteroatoms. The molecule has 0 fully saturated rings. The molecule has 0 aliphatic rings. The van der Waals surface area contributed by atoms with Gasteiger partial charge in [0, 0.05) is 24.2 Å². The summed E-state index contributed by atoms with van der Waals surface area (Å²) >= 11 is 7.38. The molecular formula is C14H17ClN2OS. The van der Waals surface area contributed by atoms with Crippen molar-refractivity contribution in [2.45, 2.75) is 38.6 Å². The van der Waals surface area contributed by atoms with Crippen LogP contribution in [0.25, 0.3) is 0 Å². The highest BCUT2D eigenvalue weighted by atomic mass is 35.5. The van der Waals surface area contributed by atoms with Gasteiger partial charge in [0.25, 0.3) is 5.56 Å². The first-order valence-electron chi connectivity index (χ1n) is 6.35. The summed E-state index contributed by atoms with van der Waals surface area (Å²) in [6, 6.07) is 3.64. The Morgan fingerprint density at radius 2 is 2.26 bits per heavy atom. The van der Waals surface area contributed by atoms with Gasteiger partial charge < -0.3 is 4.57 Å². The molecule has 3 nitrogen and oxygen atoms in total. The van der Waals surface area contributed by atoms with E-state index in [9.17, 15) is 4.79 Å². The molecule has 0 atom stereocenters. The summed E-state index contributed by atoms with van der Waals surface area (Å²) in [6.07, 6.45) is 4.85. The number of hydrogen-bond donors (Lipinski definition) is 0. The lowest BCUT2D eigenvalue weighted by atomic mass is 10.2. The third-order valence-corrected chi connectivity index (χ3v) is 4.16. The van der Waals surface area contributed by atoms with Gasteiger partial charge in [0.1, 0.15) is 0 Å². The standard InChI is InChI=1S/C14H17ClN2OS/c1-11-5-7-17(14(18)8-11)6-3-2-4-13-16-12(9-15)10-19-13/h5,7-8,10H,2-4,6,9H2,1H3. The summed E-state index contributed by atoms with van der Waals surface area (Å²) in [5, 5.41) is 3.14. The number of rotatable bonds is 6. The highest BCUT2D eigenvalue weighted by Gasteiger charge is 2.01. The fourth-order valence-electron chi connectivity index (χ4n) is 1.88. The summed E-state index contributed by atoms with van der Waals surface area (Å²) in [5.74, 6) is 0.481. The molecule has 0 unspecified atom stereocenters. The van der Waals surface area contributed by atoms with Gasteiger partial charge >= 0.3 is 0 Å². The average molecular weight is 297 g/mol. The van der Waals surface area contributed by atoms with Gasteiger partial charge in [-0.15, -0.1) is 22.9 Å². The first-order chi connectivity index (χ1) is 9.19. The number of thiazole rings is 1. The van der Waals surface area contributed by atoms with Crippen LogP contribution in [-0.4, -0.2) is 9.55 Å². The Hall–Kier alpha value is -1.13. The SMILES string of the molecule is Cc1ccn(CCCCc2nc(CCl)cs2)c(=O)c1. The molecule has 0 aliphatic heterocycles. The molecule has 0 spiro atoms. The van der Waals surface area contributed by atoms with E-state index in [1.165, 1.54) is 0 Å². The number of hydrogen-bond acceptors (Lipinski definition) is 3. The van der Waals surface area contributed by atoms with Crippen LogP contribution in [0.3, 0.4) is 0 Å². The monoisotopic (exact) mass is 296 g/mol. The number of halogens is 1. The first kappa shape index (κ1) is 14.3. The highest BCUT2D eigenvalue weighted by Crippen LogP contribution is 2.14. The molecule has 0 N–H and O–H groups in total. The number of aryl methyl sites for hydroxylation is 3. The van der Waals surface area contributed by atoms with Gasteiger partial charge in [-0.05, 0) is 37.8 Å². The van der Waals surface area contributed by atoms with Crippen molar-refractivity contribution in [2.75, 3.05) is 0 Å². The number of pyridine rings is 1. The van der Waals surface area contributed by atoms with Crippen LogP contribution >= 0.6 is 22.9 Å². The van der Waals surface area contributed by atoms with Gasteiger partial charge in [-0.25, -0.2) is 4.98 Å². The zero-order valence-electron chi connectivity index (χ0n) is 10.9. The maximum absolute atomic E-state index is 11.7. The van der Waals surface area contributed by atoms with Crippen LogP contribution in [0, 0.1) is 6.92 Å². The minimum absolute atomic E-state index is 0.0821. The number of unbranched alkanes of at least 4 members (excludes halogenated alkanes) is 1. The zero-order chi connectivity index (χ0) is 13.7. The van der Waals surface area contributed by atoms with Gasteiger partial charge in [-0.1, -0.05) is 0 Å². The Labute approximate surface area is 121 Å². The molecule has 0 saturated heterocycles. The van der Waals surface area contributed by atoms with E-state index in [0.29, 0.717) is 5.88 Å². The maximum Gasteiger partial charge on any atom is 0.250 e. The lowest BCUT2D eigenvalue weighted by Gasteiger charge is -2.05. The van der Waals surface area contributed by atoms with Gasteiger partial charge in [0.05, 0.1) is 16.6 Å². The van der Waals surface area contributed by atoms with Crippen molar-refractivity contribution in [2.24, 2.45) is 0 Å². The Kier molecular flexibility index (Phi) is 5.16. The average Bonchev–Trinajstić information content (AvgIpc) is 2.84. The van der Waals surface area contributed by atoms with Crippen LogP contribution < -0.4 is 5.56 Å². The van der Waals surface area contributed by atoms with Gasteiger partial charge in [-0.2, -0.15) is 0 Å². The topological polar surface area (TPSA) is 34.9 Å². The van der Waals surface area contributed by atoms with Crippen molar-refractivity contribution < 1.29 is 0 Å². The van der Waals surface area contributed by atoms with E-state index in [0.717, 1.165) is 42.1 Å². The normalized spacial score (nSPS) is 10.8. The van der Waals surface area contributed by atoms with E-state index in [2.05, 4.69) is 4.98 Å². The largest absolute Gasteiger partial charge is 0.316 e. The molecule has 0 saturated carbocycles. The van der Waals surface area contributed by atoms with Crippen LogP contribution in [0.4, 0.5) is 0 Å². The second kappa shape index (κ2) is 6.87. The minimum Gasteiger partial charge on any atom is -0.316 e. The minimum atomic E-state index is 0.0821. The number of nitrogens with zero attached hydrogens (tertiary/aromatic N) is 2. The molecule has 2 aromatic heterocycles. The van der Waals surface area contributed by atoms with E-state index < -0.39 is 0 Å². The van der Waals surface area contributed by atoms with Crippen molar-refractivity contribution in [3.8, 4) is 0 Å². The van der Waals surface area contributed by atoms with E-state index in [-0.39, 0.29) is 5.56 Å². The van der Waals surface area contributed by atoms with E-state index >= 15 is 0 Å². The van der Waals surface area contributed by atoms with Crippen LogP contribution in [-0.2, 0) is 18.8 Å². The molecule has 102 valence electrons.